The molecule has 0 fully saturated rings. The lowest BCUT2D eigenvalue weighted by molar-refractivity contribution is 0.110. The van der Waals surface area contributed by atoms with Crippen LogP contribution in [0.3, 0.4) is 0 Å². The molecule has 2 N–H and O–H groups in total. The first-order valence-corrected chi connectivity index (χ1v) is 10.5. The summed E-state index contributed by atoms with van der Waals surface area (Å²) in [5.41, 5.74) is 2.21. The third-order valence-corrected chi connectivity index (χ3v) is 4.59. The second-order valence-electron chi connectivity index (χ2n) is 6.87. The summed E-state index contributed by atoms with van der Waals surface area (Å²) in [6, 6.07) is 11.7. The summed E-state index contributed by atoms with van der Waals surface area (Å²) >= 11 is 0. The number of guanidine groups is 1. The van der Waals surface area contributed by atoms with Crippen molar-refractivity contribution in [3.8, 4) is 23.0 Å². The molecule has 0 unspecified atom stereocenters. The van der Waals surface area contributed by atoms with Gasteiger partial charge in [-0.3, -0.25) is 4.99 Å². The van der Waals surface area contributed by atoms with Gasteiger partial charge in [0, 0.05) is 31.8 Å². The van der Waals surface area contributed by atoms with Crippen LogP contribution in [0, 0.1) is 6.92 Å². The highest BCUT2D eigenvalue weighted by molar-refractivity contribution is 14.0. The first-order chi connectivity index (χ1) is 15.2. The number of nitrogens with one attached hydrogen (secondary N) is 2. The molecule has 0 aromatic heterocycles. The molecule has 32 heavy (non-hydrogen) atoms. The molecule has 0 saturated heterocycles. The minimum Gasteiger partial charge on any atom is -0.492 e. The third kappa shape index (κ3) is 7.94. The number of aliphatic imine (C=N–C) groups is 1. The number of nitrogens with zero attached hydrogens (tertiary/aromatic N) is 1. The molecule has 8 nitrogen and oxygen atoms in total. The van der Waals surface area contributed by atoms with Crippen molar-refractivity contribution in [2.45, 2.75) is 20.4 Å². The molecule has 0 atom stereocenters. The fourth-order valence-corrected chi connectivity index (χ4v) is 3.00. The van der Waals surface area contributed by atoms with Crippen LogP contribution in [-0.2, 0) is 11.3 Å². The van der Waals surface area contributed by atoms with E-state index < -0.39 is 0 Å². The molecule has 1 aliphatic rings. The number of halogens is 1. The molecule has 1 aliphatic heterocycles. The average molecular weight is 557 g/mol. The lowest BCUT2D eigenvalue weighted by Crippen LogP contribution is -2.39. The van der Waals surface area contributed by atoms with Crippen molar-refractivity contribution < 1.29 is 23.7 Å². The smallest absolute Gasteiger partial charge is 0.231 e. The Morgan fingerprint density at radius 2 is 1.84 bits per heavy atom. The summed E-state index contributed by atoms with van der Waals surface area (Å²) in [4.78, 5) is 4.27. The van der Waals surface area contributed by atoms with E-state index in [0.29, 0.717) is 51.2 Å². The lowest BCUT2D eigenvalue weighted by atomic mass is 10.1. The summed E-state index contributed by atoms with van der Waals surface area (Å²) < 4.78 is 27.7. The van der Waals surface area contributed by atoms with Gasteiger partial charge < -0.3 is 34.3 Å². The van der Waals surface area contributed by atoms with E-state index in [1.165, 1.54) is 0 Å². The standard InChI is InChI=1S/C23H31N3O5.HI/c1-4-27-11-12-29-21-13-17(2)5-6-18(21)15-26-23(24-3)25-9-10-28-19-7-8-20-22(14-19)31-16-30-20;/h5-8,13-14H,4,9-12,15-16H2,1-3H3,(H2,24,25,26);1H. The fourth-order valence-electron chi connectivity index (χ4n) is 3.00. The second-order valence-corrected chi connectivity index (χ2v) is 6.87. The van der Waals surface area contributed by atoms with E-state index in [-0.39, 0.29) is 30.8 Å². The van der Waals surface area contributed by atoms with Crippen molar-refractivity contribution in [1.29, 1.82) is 0 Å². The van der Waals surface area contributed by atoms with E-state index in [9.17, 15) is 0 Å². The van der Waals surface area contributed by atoms with Gasteiger partial charge in [0.05, 0.1) is 13.2 Å². The topological polar surface area (TPSA) is 82.6 Å². The second kappa shape index (κ2) is 13.9. The number of aryl methyl sites for hydroxylation is 1. The van der Waals surface area contributed by atoms with Gasteiger partial charge in [-0.25, -0.2) is 0 Å². The Hall–Kier alpha value is -2.40. The van der Waals surface area contributed by atoms with E-state index in [0.717, 1.165) is 28.4 Å². The quantitative estimate of drug-likeness (QED) is 0.190. The van der Waals surface area contributed by atoms with Crippen LogP contribution in [0.15, 0.2) is 41.4 Å². The third-order valence-electron chi connectivity index (χ3n) is 4.59. The first kappa shape index (κ1) is 25.9. The molecule has 0 aliphatic carbocycles. The van der Waals surface area contributed by atoms with E-state index in [4.69, 9.17) is 23.7 Å². The van der Waals surface area contributed by atoms with Crippen molar-refractivity contribution in [2.24, 2.45) is 4.99 Å². The first-order valence-electron chi connectivity index (χ1n) is 10.5. The predicted octanol–water partition coefficient (Wildman–Crippen LogP) is 3.50. The van der Waals surface area contributed by atoms with Crippen molar-refractivity contribution in [1.82, 2.24) is 10.6 Å². The molecule has 176 valence electrons. The molecule has 0 bridgehead atoms. The van der Waals surface area contributed by atoms with Gasteiger partial charge in [-0.05, 0) is 37.6 Å². The number of benzene rings is 2. The Labute approximate surface area is 206 Å². The molecule has 2 aromatic rings. The summed E-state index contributed by atoms with van der Waals surface area (Å²) in [6.45, 7) is 7.73. The zero-order chi connectivity index (χ0) is 21.9. The van der Waals surface area contributed by atoms with Crippen molar-refractivity contribution >= 4 is 29.9 Å². The monoisotopic (exact) mass is 557 g/mol. The Kier molecular flexibility index (Phi) is 11.2. The Bertz CT molecular complexity index is 879. The molecular weight excluding hydrogens is 525 g/mol. The molecule has 1 heterocycles. The van der Waals surface area contributed by atoms with Crippen LogP contribution in [0.5, 0.6) is 23.0 Å². The minimum absolute atomic E-state index is 0. The SMILES string of the molecule is CCOCCOc1cc(C)ccc1CNC(=NC)NCCOc1ccc2c(c1)OCO2.I. The summed E-state index contributed by atoms with van der Waals surface area (Å²) in [5, 5.41) is 6.57. The van der Waals surface area contributed by atoms with E-state index in [1.807, 2.05) is 38.1 Å². The molecule has 0 amide bonds. The zero-order valence-electron chi connectivity index (χ0n) is 18.8. The Balaban J connectivity index is 0.00000363. The molecule has 9 heteroatoms. The molecular formula is C23H32IN3O5. The zero-order valence-corrected chi connectivity index (χ0v) is 21.1. The minimum atomic E-state index is 0. The number of hydrogen-bond acceptors (Lipinski definition) is 6. The van der Waals surface area contributed by atoms with Crippen LogP contribution >= 0.6 is 24.0 Å². The van der Waals surface area contributed by atoms with Crippen LogP contribution in [-0.4, -0.2) is 52.8 Å². The van der Waals surface area contributed by atoms with Crippen LogP contribution < -0.4 is 29.6 Å². The lowest BCUT2D eigenvalue weighted by Gasteiger charge is -2.16. The number of rotatable bonds is 11. The Morgan fingerprint density at radius 1 is 1.00 bits per heavy atom. The van der Waals surface area contributed by atoms with Crippen molar-refractivity contribution in [3.05, 3.63) is 47.5 Å². The van der Waals surface area contributed by atoms with Crippen LogP contribution in [0.1, 0.15) is 18.1 Å². The van der Waals surface area contributed by atoms with Gasteiger partial charge in [-0.15, -0.1) is 24.0 Å². The van der Waals surface area contributed by atoms with E-state index in [2.05, 4.69) is 27.8 Å². The van der Waals surface area contributed by atoms with Crippen LogP contribution in [0.25, 0.3) is 0 Å². The number of fused-ring (bicyclic) bond motifs is 1. The maximum atomic E-state index is 5.90. The largest absolute Gasteiger partial charge is 0.492 e. The van der Waals surface area contributed by atoms with E-state index >= 15 is 0 Å². The summed E-state index contributed by atoms with van der Waals surface area (Å²) in [5.74, 6) is 3.74. The van der Waals surface area contributed by atoms with Gasteiger partial charge >= 0.3 is 0 Å². The van der Waals surface area contributed by atoms with E-state index in [1.54, 1.807) is 7.05 Å². The fraction of sp³-hybridized carbons (Fsp3) is 0.435. The van der Waals surface area contributed by atoms with Gasteiger partial charge in [-0.1, -0.05) is 12.1 Å². The normalized spacial score (nSPS) is 12.2. The molecule has 0 radical (unpaired) electrons. The predicted molar refractivity (Wildman–Crippen MR) is 135 cm³/mol. The maximum absolute atomic E-state index is 5.90. The van der Waals surface area contributed by atoms with Crippen molar-refractivity contribution in [2.75, 3.05) is 46.8 Å². The van der Waals surface area contributed by atoms with Gasteiger partial charge in [0.1, 0.15) is 24.7 Å². The Morgan fingerprint density at radius 3 is 2.66 bits per heavy atom. The molecule has 0 spiro atoms. The molecule has 2 aromatic carbocycles. The average Bonchev–Trinajstić information content (AvgIpc) is 3.25. The summed E-state index contributed by atoms with van der Waals surface area (Å²) in [6.07, 6.45) is 0. The van der Waals surface area contributed by atoms with Gasteiger partial charge in [0.25, 0.3) is 0 Å². The summed E-state index contributed by atoms with van der Waals surface area (Å²) in [7, 11) is 1.74. The molecule has 0 saturated carbocycles. The highest BCUT2D eigenvalue weighted by atomic mass is 127. The van der Waals surface area contributed by atoms with Gasteiger partial charge in [0.15, 0.2) is 17.5 Å². The number of ether oxygens (including phenoxy) is 5. The maximum Gasteiger partial charge on any atom is 0.231 e. The van der Waals surface area contributed by atoms with Gasteiger partial charge in [0.2, 0.25) is 6.79 Å². The number of hydrogen-bond donors (Lipinski definition) is 2. The molecule has 3 rings (SSSR count). The van der Waals surface area contributed by atoms with Crippen LogP contribution in [0.4, 0.5) is 0 Å². The van der Waals surface area contributed by atoms with Crippen LogP contribution in [0.2, 0.25) is 0 Å². The van der Waals surface area contributed by atoms with Gasteiger partial charge in [-0.2, -0.15) is 0 Å². The highest BCUT2D eigenvalue weighted by Crippen LogP contribution is 2.34. The van der Waals surface area contributed by atoms with Crippen molar-refractivity contribution in [3.63, 3.8) is 0 Å². The highest BCUT2D eigenvalue weighted by Gasteiger charge is 2.13.